The standard InChI is InChI=1S/C12H20FN5/c1-18(9-4-2-3-5-9)7-6-15-11-10(13)8-16-12(14)17-11/h8-9H,2-7H2,1H3,(H3,14,15,16,17). The fourth-order valence-corrected chi connectivity index (χ4v) is 2.38. The molecule has 0 unspecified atom stereocenters. The van der Waals surface area contributed by atoms with E-state index in [1.54, 1.807) is 0 Å². The van der Waals surface area contributed by atoms with Crippen molar-refractivity contribution in [1.82, 2.24) is 14.9 Å². The fourth-order valence-electron chi connectivity index (χ4n) is 2.38. The predicted octanol–water partition coefficient (Wildman–Crippen LogP) is 1.48. The Labute approximate surface area is 107 Å². The third-order valence-electron chi connectivity index (χ3n) is 3.47. The summed E-state index contributed by atoms with van der Waals surface area (Å²) < 4.78 is 13.3. The van der Waals surface area contributed by atoms with Gasteiger partial charge >= 0.3 is 0 Å². The van der Waals surface area contributed by atoms with E-state index in [4.69, 9.17) is 5.73 Å². The van der Waals surface area contributed by atoms with Crippen molar-refractivity contribution in [3.05, 3.63) is 12.0 Å². The summed E-state index contributed by atoms with van der Waals surface area (Å²) >= 11 is 0. The van der Waals surface area contributed by atoms with Crippen molar-refractivity contribution >= 4 is 11.8 Å². The third-order valence-corrected chi connectivity index (χ3v) is 3.47. The normalized spacial score (nSPS) is 16.4. The molecule has 2 rings (SSSR count). The molecule has 1 aliphatic carbocycles. The molecule has 1 heterocycles. The molecule has 0 saturated heterocycles. The molecule has 0 aromatic carbocycles. The van der Waals surface area contributed by atoms with E-state index < -0.39 is 5.82 Å². The van der Waals surface area contributed by atoms with E-state index in [0.29, 0.717) is 12.6 Å². The average molecular weight is 253 g/mol. The number of hydrogen-bond acceptors (Lipinski definition) is 5. The van der Waals surface area contributed by atoms with Crippen LogP contribution in [0.4, 0.5) is 16.2 Å². The molecule has 0 aliphatic heterocycles. The molecule has 0 bridgehead atoms. The van der Waals surface area contributed by atoms with Crippen molar-refractivity contribution in [3.8, 4) is 0 Å². The second-order valence-corrected chi connectivity index (χ2v) is 4.77. The molecule has 0 radical (unpaired) electrons. The van der Waals surface area contributed by atoms with Crippen LogP contribution in [0, 0.1) is 5.82 Å². The maximum absolute atomic E-state index is 13.3. The minimum absolute atomic E-state index is 0.0862. The molecule has 1 fully saturated rings. The summed E-state index contributed by atoms with van der Waals surface area (Å²) in [6.07, 6.45) is 6.26. The van der Waals surface area contributed by atoms with Gasteiger partial charge in [-0.05, 0) is 19.9 Å². The Morgan fingerprint density at radius 1 is 1.50 bits per heavy atom. The number of likely N-dealkylation sites (N-methyl/N-ethyl adjacent to an activating group) is 1. The zero-order chi connectivity index (χ0) is 13.0. The minimum atomic E-state index is -0.465. The lowest BCUT2D eigenvalue weighted by molar-refractivity contribution is 0.254. The van der Waals surface area contributed by atoms with Crippen LogP contribution >= 0.6 is 0 Å². The number of hydrogen-bond donors (Lipinski definition) is 2. The van der Waals surface area contributed by atoms with Crippen LogP contribution in [-0.2, 0) is 0 Å². The van der Waals surface area contributed by atoms with Gasteiger partial charge < -0.3 is 16.0 Å². The van der Waals surface area contributed by atoms with Gasteiger partial charge in [-0.25, -0.2) is 9.37 Å². The van der Waals surface area contributed by atoms with Gasteiger partial charge in [-0.15, -0.1) is 0 Å². The van der Waals surface area contributed by atoms with Gasteiger partial charge in [0.15, 0.2) is 11.6 Å². The second kappa shape index (κ2) is 5.95. The summed E-state index contributed by atoms with van der Waals surface area (Å²) in [4.78, 5) is 9.74. The zero-order valence-electron chi connectivity index (χ0n) is 10.7. The van der Waals surface area contributed by atoms with Crippen molar-refractivity contribution in [2.45, 2.75) is 31.7 Å². The highest BCUT2D eigenvalue weighted by Crippen LogP contribution is 2.22. The van der Waals surface area contributed by atoms with Crippen molar-refractivity contribution < 1.29 is 4.39 Å². The Kier molecular flexibility index (Phi) is 4.30. The zero-order valence-corrected chi connectivity index (χ0v) is 10.7. The highest BCUT2D eigenvalue weighted by molar-refractivity contribution is 5.38. The molecular formula is C12H20FN5. The molecule has 100 valence electrons. The van der Waals surface area contributed by atoms with Gasteiger partial charge in [0.05, 0.1) is 6.20 Å². The lowest BCUT2D eigenvalue weighted by Crippen LogP contribution is -2.33. The molecule has 1 aliphatic rings. The number of aromatic nitrogens is 2. The molecule has 1 saturated carbocycles. The lowest BCUT2D eigenvalue weighted by atomic mass is 10.2. The molecular weight excluding hydrogens is 233 g/mol. The van der Waals surface area contributed by atoms with E-state index in [1.165, 1.54) is 25.7 Å². The fraction of sp³-hybridized carbons (Fsp3) is 0.667. The van der Waals surface area contributed by atoms with Crippen LogP contribution in [0.1, 0.15) is 25.7 Å². The lowest BCUT2D eigenvalue weighted by Gasteiger charge is -2.24. The van der Waals surface area contributed by atoms with Crippen LogP contribution in [-0.4, -0.2) is 41.0 Å². The van der Waals surface area contributed by atoms with Crippen LogP contribution in [0.5, 0.6) is 0 Å². The summed E-state index contributed by atoms with van der Waals surface area (Å²) in [5.74, 6) is -0.196. The van der Waals surface area contributed by atoms with Gasteiger partial charge in [-0.3, -0.25) is 0 Å². The molecule has 0 spiro atoms. The molecule has 18 heavy (non-hydrogen) atoms. The maximum atomic E-state index is 13.3. The Morgan fingerprint density at radius 3 is 2.94 bits per heavy atom. The smallest absolute Gasteiger partial charge is 0.222 e. The summed E-state index contributed by atoms with van der Waals surface area (Å²) in [5.41, 5.74) is 5.42. The number of halogens is 1. The first-order chi connectivity index (χ1) is 8.66. The van der Waals surface area contributed by atoms with Gasteiger partial charge in [-0.1, -0.05) is 12.8 Å². The van der Waals surface area contributed by atoms with Crippen LogP contribution in [0.15, 0.2) is 6.20 Å². The second-order valence-electron chi connectivity index (χ2n) is 4.77. The number of nitrogen functional groups attached to an aromatic ring is 1. The Bertz CT molecular complexity index is 392. The van der Waals surface area contributed by atoms with Crippen LogP contribution in [0.25, 0.3) is 0 Å². The van der Waals surface area contributed by atoms with E-state index >= 15 is 0 Å². The first-order valence-corrected chi connectivity index (χ1v) is 6.39. The Balaban J connectivity index is 1.79. The van der Waals surface area contributed by atoms with Gasteiger partial charge in [-0.2, -0.15) is 4.98 Å². The van der Waals surface area contributed by atoms with E-state index in [2.05, 4.69) is 27.2 Å². The maximum Gasteiger partial charge on any atom is 0.222 e. The number of anilines is 2. The topological polar surface area (TPSA) is 67.1 Å². The molecule has 1 aromatic rings. The van der Waals surface area contributed by atoms with Crippen LogP contribution in [0.3, 0.4) is 0 Å². The van der Waals surface area contributed by atoms with Crippen molar-refractivity contribution in [1.29, 1.82) is 0 Å². The summed E-state index contributed by atoms with van der Waals surface area (Å²) in [6.45, 7) is 1.52. The minimum Gasteiger partial charge on any atom is -0.368 e. The summed E-state index contributed by atoms with van der Waals surface area (Å²) in [6, 6.07) is 0.673. The molecule has 6 heteroatoms. The largest absolute Gasteiger partial charge is 0.368 e. The number of nitrogens with one attached hydrogen (secondary N) is 1. The monoisotopic (exact) mass is 253 g/mol. The van der Waals surface area contributed by atoms with E-state index in [9.17, 15) is 4.39 Å². The average Bonchev–Trinajstić information content (AvgIpc) is 2.87. The molecule has 0 amide bonds. The Hall–Kier alpha value is -1.43. The predicted molar refractivity (Wildman–Crippen MR) is 69.8 cm³/mol. The van der Waals surface area contributed by atoms with Crippen LogP contribution in [0.2, 0.25) is 0 Å². The number of rotatable bonds is 5. The van der Waals surface area contributed by atoms with Crippen LogP contribution < -0.4 is 11.1 Å². The molecule has 0 atom stereocenters. The van der Waals surface area contributed by atoms with E-state index in [-0.39, 0.29) is 11.8 Å². The van der Waals surface area contributed by atoms with Gasteiger partial charge in [0.1, 0.15) is 0 Å². The van der Waals surface area contributed by atoms with Gasteiger partial charge in [0, 0.05) is 19.1 Å². The third kappa shape index (κ3) is 3.29. The number of nitrogens with zero attached hydrogens (tertiary/aromatic N) is 3. The van der Waals surface area contributed by atoms with Gasteiger partial charge in [0.2, 0.25) is 5.95 Å². The first-order valence-electron chi connectivity index (χ1n) is 6.39. The van der Waals surface area contributed by atoms with Gasteiger partial charge in [0.25, 0.3) is 0 Å². The first kappa shape index (κ1) is 13.0. The quantitative estimate of drug-likeness (QED) is 0.832. The van der Waals surface area contributed by atoms with Crippen molar-refractivity contribution in [2.75, 3.05) is 31.2 Å². The Morgan fingerprint density at radius 2 is 2.22 bits per heavy atom. The summed E-state index contributed by atoms with van der Waals surface area (Å²) in [5, 5.41) is 2.96. The highest BCUT2D eigenvalue weighted by atomic mass is 19.1. The summed E-state index contributed by atoms with van der Waals surface area (Å²) in [7, 11) is 2.11. The molecule has 3 N–H and O–H groups in total. The molecule has 5 nitrogen and oxygen atoms in total. The van der Waals surface area contributed by atoms with E-state index in [0.717, 1.165) is 12.7 Å². The number of nitrogens with two attached hydrogens (primary N) is 1. The SMILES string of the molecule is CN(CCNc1nc(N)ncc1F)C1CCCC1. The molecule has 1 aromatic heterocycles. The van der Waals surface area contributed by atoms with E-state index in [1.807, 2.05) is 0 Å². The van der Waals surface area contributed by atoms with Crippen molar-refractivity contribution in [3.63, 3.8) is 0 Å². The van der Waals surface area contributed by atoms with Crippen molar-refractivity contribution in [2.24, 2.45) is 0 Å². The highest BCUT2D eigenvalue weighted by Gasteiger charge is 2.18.